The molecule has 1 atom stereocenters. The van der Waals surface area contributed by atoms with Crippen molar-refractivity contribution in [2.24, 2.45) is 0 Å². The average Bonchev–Trinajstić information content (AvgIpc) is 2.88. The van der Waals surface area contributed by atoms with Gasteiger partial charge in [0.25, 0.3) is 0 Å². The monoisotopic (exact) mass is 310 g/mol. The van der Waals surface area contributed by atoms with E-state index >= 15 is 0 Å². The molecule has 2 N–H and O–H groups in total. The van der Waals surface area contributed by atoms with E-state index in [1.54, 1.807) is 0 Å². The van der Waals surface area contributed by atoms with Crippen molar-refractivity contribution < 1.29 is 14.3 Å². The van der Waals surface area contributed by atoms with Crippen LogP contribution in [0.2, 0.25) is 5.02 Å². The Hall–Kier alpha value is -1.75. The number of hydrogen-bond acceptors (Lipinski definition) is 3. The molecule has 1 saturated heterocycles. The van der Waals surface area contributed by atoms with Crippen LogP contribution in [0, 0.1) is 0 Å². The standard InChI is InChI=1S/C15H19ClN2O3/c1-2-21-13-5-3-10(9-11(13)16)7-8-17-15(20)12-4-6-14(19)18-12/h3,5,9,12H,2,4,6-8H2,1H3,(H,17,20)(H,18,19). The lowest BCUT2D eigenvalue weighted by molar-refractivity contribution is -0.125. The molecular weight excluding hydrogens is 292 g/mol. The van der Waals surface area contributed by atoms with Crippen LogP contribution in [0.4, 0.5) is 0 Å². The van der Waals surface area contributed by atoms with Crippen molar-refractivity contribution in [2.45, 2.75) is 32.2 Å². The first kappa shape index (κ1) is 15.6. The third-order valence-corrected chi connectivity index (χ3v) is 3.62. The van der Waals surface area contributed by atoms with Gasteiger partial charge in [0.2, 0.25) is 11.8 Å². The van der Waals surface area contributed by atoms with Gasteiger partial charge in [-0.1, -0.05) is 17.7 Å². The van der Waals surface area contributed by atoms with Crippen molar-refractivity contribution in [2.75, 3.05) is 13.2 Å². The molecule has 5 nitrogen and oxygen atoms in total. The Morgan fingerprint density at radius 1 is 1.52 bits per heavy atom. The lowest BCUT2D eigenvalue weighted by Crippen LogP contribution is -2.42. The second-order valence-corrected chi connectivity index (χ2v) is 5.30. The summed E-state index contributed by atoms with van der Waals surface area (Å²) < 4.78 is 5.37. The summed E-state index contributed by atoms with van der Waals surface area (Å²) in [5, 5.41) is 6.04. The van der Waals surface area contributed by atoms with Gasteiger partial charge in [-0.3, -0.25) is 9.59 Å². The van der Waals surface area contributed by atoms with Crippen LogP contribution in [0.25, 0.3) is 0 Å². The van der Waals surface area contributed by atoms with E-state index in [-0.39, 0.29) is 17.9 Å². The van der Waals surface area contributed by atoms with Crippen LogP contribution in [0.5, 0.6) is 5.75 Å². The second-order valence-electron chi connectivity index (χ2n) is 4.90. The van der Waals surface area contributed by atoms with Gasteiger partial charge in [0, 0.05) is 13.0 Å². The summed E-state index contributed by atoms with van der Waals surface area (Å²) in [4.78, 5) is 22.9. The third-order valence-electron chi connectivity index (χ3n) is 3.32. The molecule has 0 radical (unpaired) electrons. The Labute approximate surface area is 129 Å². The fourth-order valence-corrected chi connectivity index (χ4v) is 2.49. The third kappa shape index (κ3) is 4.36. The number of carbonyl (C=O) groups is 2. The van der Waals surface area contributed by atoms with E-state index < -0.39 is 0 Å². The highest BCUT2D eigenvalue weighted by atomic mass is 35.5. The van der Waals surface area contributed by atoms with Gasteiger partial charge in [-0.2, -0.15) is 0 Å². The molecule has 2 rings (SSSR count). The van der Waals surface area contributed by atoms with Gasteiger partial charge in [0.1, 0.15) is 11.8 Å². The molecule has 6 heteroatoms. The van der Waals surface area contributed by atoms with Crippen molar-refractivity contribution in [3.63, 3.8) is 0 Å². The Kier molecular flexibility index (Phi) is 5.44. The van der Waals surface area contributed by atoms with Crippen LogP contribution in [-0.4, -0.2) is 31.0 Å². The molecule has 0 saturated carbocycles. The van der Waals surface area contributed by atoms with Crippen LogP contribution >= 0.6 is 11.6 Å². The van der Waals surface area contributed by atoms with Crippen LogP contribution < -0.4 is 15.4 Å². The maximum atomic E-state index is 11.8. The largest absolute Gasteiger partial charge is 0.492 e. The number of nitrogens with one attached hydrogen (secondary N) is 2. The van der Waals surface area contributed by atoms with Crippen molar-refractivity contribution >= 4 is 23.4 Å². The maximum absolute atomic E-state index is 11.8. The van der Waals surface area contributed by atoms with Gasteiger partial charge in [0.15, 0.2) is 0 Å². The number of ether oxygens (including phenoxy) is 1. The lowest BCUT2D eigenvalue weighted by Gasteiger charge is -2.11. The molecule has 2 amide bonds. The number of amides is 2. The Balaban J connectivity index is 1.79. The SMILES string of the molecule is CCOc1ccc(CCNC(=O)C2CCC(=O)N2)cc1Cl. The van der Waals surface area contributed by atoms with Crippen molar-refractivity contribution in [3.8, 4) is 5.75 Å². The topological polar surface area (TPSA) is 67.4 Å². The summed E-state index contributed by atoms with van der Waals surface area (Å²) >= 11 is 6.11. The van der Waals surface area contributed by atoms with E-state index in [9.17, 15) is 9.59 Å². The summed E-state index contributed by atoms with van der Waals surface area (Å²) in [6.45, 7) is 2.99. The number of rotatable bonds is 6. The van der Waals surface area contributed by atoms with E-state index in [1.165, 1.54) is 0 Å². The van der Waals surface area contributed by atoms with Gasteiger partial charge in [-0.25, -0.2) is 0 Å². The highest BCUT2D eigenvalue weighted by Crippen LogP contribution is 2.25. The van der Waals surface area contributed by atoms with E-state index in [0.717, 1.165) is 5.56 Å². The molecule has 0 bridgehead atoms. The fourth-order valence-electron chi connectivity index (χ4n) is 2.24. The number of hydrogen-bond donors (Lipinski definition) is 2. The minimum atomic E-state index is -0.388. The van der Waals surface area contributed by atoms with Gasteiger partial charge in [0.05, 0.1) is 11.6 Å². The van der Waals surface area contributed by atoms with Crippen LogP contribution in [0.1, 0.15) is 25.3 Å². The zero-order chi connectivity index (χ0) is 15.2. The van der Waals surface area contributed by atoms with E-state index in [4.69, 9.17) is 16.3 Å². The number of benzene rings is 1. The molecule has 0 aromatic heterocycles. The minimum Gasteiger partial charge on any atom is -0.492 e. The quantitative estimate of drug-likeness (QED) is 0.840. The Morgan fingerprint density at radius 3 is 2.95 bits per heavy atom. The molecule has 1 aliphatic heterocycles. The first-order chi connectivity index (χ1) is 10.1. The van der Waals surface area contributed by atoms with E-state index in [1.807, 2.05) is 25.1 Å². The molecule has 1 aromatic rings. The molecule has 21 heavy (non-hydrogen) atoms. The summed E-state index contributed by atoms with van der Waals surface area (Å²) in [5.74, 6) is 0.479. The predicted octanol–water partition coefficient (Wildman–Crippen LogP) is 1.68. The van der Waals surface area contributed by atoms with Crippen LogP contribution in [-0.2, 0) is 16.0 Å². The molecule has 1 heterocycles. The molecule has 1 aliphatic rings. The van der Waals surface area contributed by atoms with Gasteiger partial charge < -0.3 is 15.4 Å². The smallest absolute Gasteiger partial charge is 0.242 e. The zero-order valence-electron chi connectivity index (χ0n) is 11.9. The van der Waals surface area contributed by atoms with Gasteiger partial charge in [-0.05, 0) is 37.5 Å². The van der Waals surface area contributed by atoms with Crippen molar-refractivity contribution in [1.82, 2.24) is 10.6 Å². The molecule has 0 aliphatic carbocycles. The lowest BCUT2D eigenvalue weighted by atomic mass is 10.1. The van der Waals surface area contributed by atoms with Crippen LogP contribution in [0.3, 0.4) is 0 Å². The highest BCUT2D eigenvalue weighted by molar-refractivity contribution is 6.32. The first-order valence-corrected chi connectivity index (χ1v) is 7.46. The number of halogens is 1. The van der Waals surface area contributed by atoms with Gasteiger partial charge >= 0.3 is 0 Å². The first-order valence-electron chi connectivity index (χ1n) is 7.08. The van der Waals surface area contributed by atoms with Crippen molar-refractivity contribution in [3.05, 3.63) is 28.8 Å². The molecule has 1 unspecified atom stereocenters. The van der Waals surface area contributed by atoms with E-state index in [2.05, 4.69) is 10.6 Å². The molecule has 0 spiro atoms. The van der Waals surface area contributed by atoms with Gasteiger partial charge in [-0.15, -0.1) is 0 Å². The Morgan fingerprint density at radius 2 is 2.33 bits per heavy atom. The summed E-state index contributed by atoms with van der Waals surface area (Å²) in [6, 6.07) is 5.22. The fraction of sp³-hybridized carbons (Fsp3) is 0.467. The predicted molar refractivity (Wildman–Crippen MR) is 80.5 cm³/mol. The Bertz CT molecular complexity index is 534. The molecular formula is C15H19ClN2O3. The van der Waals surface area contributed by atoms with Crippen LogP contribution in [0.15, 0.2) is 18.2 Å². The minimum absolute atomic E-state index is 0.0616. The number of carbonyl (C=O) groups excluding carboxylic acids is 2. The van der Waals surface area contributed by atoms with E-state index in [0.29, 0.717) is 43.2 Å². The highest BCUT2D eigenvalue weighted by Gasteiger charge is 2.26. The summed E-state index contributed by atoms with van der Waals surface area (Å²) in [5.41, 5.74) is 1.03. The average molecular weight is 311 g/mol. The summed E-state index contributed by atoms with van der Waals surface area (Å²) in [6.07, 6.45) is 1.67. The zero-order valence-corrected chi connectivity index (χ0v) is 12.7. The summed E-state index contributed by atoms with van der Waals surface area (Å²) in [7, 11) is 0. The normalized spacial score (nSPS) is 17.4. The molecule has 1 aromatic carbocycles. The molecule has 114 valence electrons. The molecule has 1 fully saturated rings. The van der Waals surface area contributed by atoms with Crippen molar-refractivity contribution in [1.29, 1.82) is 0 Å². The second kappa shape index (κ2) is 7.31. The maximum Gasteiger partial charge on any atom is 0.242 e.